The normalized spacial score (nSPS) is 20.7. The van der Waals surface area contributed by atoms with Gasteiger partial charge in [-0.3, -0.25) is 9.59 Å². The molecule has 1 amide bonds. The molecule has 0 aromatic carbocycles. The quantitative estimate of drug-likeness (QED) is 0.679. The highest BCUT2D eigenvalue weighted by atomic mass is 16.2. The minimum absolute atomic E-state index is 0.209. The third-order valence-corrected chi connectivity index (χ3v) is 3.00. The molecule has 0 aliphatic carbocycles. The fourth-order valence-electron chi connectivity index (χ4n) is 1.93. The van der Waals surface area contributed by atoms with Crippen LogP contribution in [0.25, 0.3) is 0 Å². The van der Waals surface area contributed by atoms with Crippen molar-refractivity contribution < 1.29 is 9.59 Å². The summed E-state index contributed by atoms with van der Waals surface area (Å²) in [5, 5.41) is 5.13. The van der Waals surface area contributed by atoms with Gasteiger partial charge in [-0.25, -0.2) is 5.01 Å². The number of likely N-dealkylation sites (N-methyl/N-ethyl adjacent to an activating group) is 1. The first-order valence-electron chi connectivity index (χ1n) is 5.85. The van der Waals surface area contributed by atoms with Crippen LogP contribution in [0.15, 0.2) is 41.0 Å². The molecule has 100 valence electrons. The van der Waals surface area contributed by atoms with Crippen molar-refractivity contribution in [3.63, 3.8) is 0 Å². The standard InChI is InChI=1S/C13H16N4O2/c1-9(18)12-10(13(19)17(4)14-12)5-6-11-15(2)7-8-16(11)3/h5-8H,1-4H3/b10-5+. The maximum Gasteiger partial charge on any atom is 0.276 e. The van der Waals surface area contributed by atoms with Crippen molar-refractivity contribution in [2.24, 2.45) is 5.10 Å². The zero-order chi connectivity index (χ0) is 14.2. The Kier molecular flexibility index (Phi) is 3.25. The van der Waals surface area contributed by atoms with Crippen LogP contribution in [0.3, 0.4) is 0 Å². The largest absolute Gasteiger partial charge is 0.336 e. The second-order valence-corrected chi connectivity index (χ2v) is 4.46. The lowest BCUT2D eigenvalue weighted by molar-refractivity contribution is -0.124. The molecule has 6 nitrogen and oxygen atoms in total. The summed E-state index contributed by atoms with van der Waals surface area (Å²) < 4.78 is 0. The first-order valence-corrected chi connectivity index (χ1v) is 5.85. The van der Waals surface area contributed by atoms with Crippen LogP contribution in [-0.2, 0) is 9.59 Å². The van der Waals surface area contributed by atoms with E-state index in [0.29, 0.717) is 5.57 Å². The van der Waals surface area contributed by atoms with Gasteiger partial charge in [-0.2, -0.15) is 5.10 Å². The Labute approximate surface area is 112 Å². The summed E-state index contributed by atoms with van der Waals surface area (Å²) in [7, 11) is 5.36. The molecule has 0 atom stereocenters. The zero-order valence-electron chi connectivity index (χ0n) is 11.4. The van der Waals surface area contributed by atoms with Gasteiger partial charge >= 0.3 is 0 Å². The molecule has 2 heterocycles. The average molecular weight is 260 g/mol. The second-order valence-electron chi connectivity index (χ2n) is 4.46. The number of amides is 1. The number of allylic oxidation sites excluding steroid dienone is 2. The zero-order valence-corrected chi connectivity index (χ0v) is 11.4. The molecule has 0 aromatic heterocycles. The summed E-state index contributed by atoms with van der Waals surface area (Å²) >= 11 is 0. The summed E-state index contributed by atoms with van der Waals surface area (Å²) in [6.07, 6.45) is 7.26. The molecule has 0 aromatic rings. The van der Waals surface area contributed by atoms with Crippen LogP contribution in [0.1, 0.15) is 6.92 Å². The summed E-state index contributed by atoms with van der Waals surface area (Å²) in [6, 6.07) is 0. The van der Waals surface area contributed by atoms with Crippen LogP contribution in [0.2, 0.25) is 0 Å². The van der Waals surface area contributed by atoms with Gasteiger partial charge in [0.2, 0.25) is 0 Å². The van der Waals surface area contributed by atoms with Crippen molar-refractivity contribution in [3.05, 3.63) is 35.9 Å². The first-order chi connectivity index (χ1) is 8.91. The number of carbonyl (C=O) groups excluding carboxylic acids is 2. The van der Waals surface area contributed by atoms with Gasteiger partial charge < -0.3 is 9.80 Å². The van der Waals surface area contributed by atoms with E-state index in [2.05, 4.69) is 5.10 Å². The summed E-state index contributed by atoms with van der Waals surface area (Å²) in [5.41, 5.74) is 0.539. The maximum absolute atomic E-state index is 11.9. The molecular weight excluding hydrogens is 244 g/mol. The lowest BCUT2D eigenvalue weighted by Gasteiger charge is -2.16. The first kappa shape index (κ1) is 13.1. The minimum atomic E-state index is -0.265. The molecule has 0 fully saturated rings. The van der Waals surface area contributed by atoms with Crippen LogP contribution in [0.5, 0.6) is 0 Å². The lowest BCUT2D eigenvalue weighted by atomic mass is 10.1. The van der Waals surface area contributed by atoms with Gasteiger partial charge in [0, 0.05) is 40.5 Å². The molecule has 0 bridgehead atoms. The maximum atomic E-state index is 11.9. The number of carbonyl (C=O) groups is 2. The Morgan fingerprint density at radius 3 is 2.26 bits per heavy atom. The molecule has 0 saturated heterocycles. The Hall–Kier alpha value is -2.37. The summed E-state index contributed by atoms with van der Waals surface area (Å²) in [6.45, 7) is 1.40. The average Bonchev–Trinajstić information content (AvgIpc) is 2.81. The Morgan fingerprint density at radius 1 is 1.16 bits per heavy atom. The van der Waals surface area contributed by atoms with E-state index in [1.54, 1.807) is 12.2 Å². The highest BCUT2D eigenvalue weighted by Crippen LogP contribution is 2.18. The van der Waals surface area contributed by atoms with Crippen molar-refractivity contribution in [1.82, 2.24) is 14.8 Å². The fourth-order valence-corrected chi connectivity index (χ4v) is 1.93. The number of hydrazone groups is 1. The summed E-state index contributed by atoms with van der Waals surface area (Å²) in [5.74, 6) is 0.435. The van der Waals surface area contributed by atoms with Gasteiger partial charge in [0.05, 0.1) is 5.57 Å². The van der Waals surface area contributed by atoms with E-state index in [-0.39, 0.29) is 17.4 Å². The highest BCUT2D eigenvalue weighted by molar-refractivity contribution is 6.52. The van der Waals surface area contributed by atoms with E-state index in [0.717, 1.165) is 5.82 Å². The SMILES string of the molecule is CC(=O)C1=NN(C)C(=O)/C1=C/C=C1N(C)C=CN1C. The molecule has 19 heavy (non-hydrogen) atoms. The van der Waals surface area contributed by atoms with Crippen LogP contribution >= 0.6 is 0 Å². The fraction of sp³-hybridized carbons (Fsp3) is 0.308. The molecule has 2 aliphatic rings. The minimum Gasteiger partial charge on any atom is -0.336 e. The van der Waals surface area contributed by atoms with Crippen LogP contribution < -0.4 is 0 Å². The third kappa shape index (κ3) is 2.29. The molecule has 6 heteroatoms. The van der Waals surface area contributed by atoms with Gasteiger partial charge in [0.1, 0.15) is 11.5 Å². The van der Waals surface area contributed by atoms with E-state index in [1.165, 1.54) is 19.0 Å². The second kappa shape index (κ2) is 4.72. The van der Waals surface area contributed by atoms with Crippen LogP contribution in [0.4, 0.5) is 0 Å². The van der Waals surface area contributed by atoms with E-state index in [9.17, 15) is 9.59 Å². The third-order valence-electron chi connectivity index (χ3n) is 3.00. The van der Waals surface area contributed by atoms with Crippen molar-refractivity contribution in [2.75, 3.05) is 21.1 Å². The van der Waals surface area contributed by atoms with Crippen molar-refractivity contribution in [3.8, 4) is 0 Å². The molecule has 0 saturated carbocycles. The predicted octanol–water partition coefficient (Wildman–Crippen LogP) is 0.520. The van der Waals surface area contributed by atoms with E-state index < -0.39 is 0 Å². The molecule has 2 rings (SSSR count). The van der Waals surface area contributed by atoms with Crippen molar-refractivity contribution in [2.45, 2.75) is 6.92 Å². The highest BCUT2D eigenvalue weighted by Gasteiger charge is 2.29. The van der Waals surface area contributed by atoms with E-state index in [4.69, 9.17) is 0 Å². The molecule has 0 radical (unpaired) electrons. The molecule has 0 unspecified atom stereocenters. The van der Waals surface area contributed by atoms with E-state index in [1.807, 2.05) is 36.3 Å². The van der Waals surface area contributed by atoms with Gasteiger partial charge in [-0.05, 0) is 12.2 Å². The van der Waals surface area contributed by atoms with E-state index >= 15 is 0 Å². The smallest absolute Gasteiger partial charge is 0.276 e. The van der Waals surface area contributed by atoms with Crippen molar-refractivity contribution >= 4 is 17.4 Å². The Bertz CT molecular complexity index is 543. The van der Waals surface area contributed by atoms with Crippen LogP contribution in [-0.4, -0.2) is 53.4 Å². The lowest BCUT2D eigenvalue weighted by Crippen LogP contribution is -2.19. The monoisotopic (exact) mass is 260 g/mol. The number of hydrogen-bond donors (Lipinski definition) is 0. The Balaban J connectivity index is 2.33. The van der Waals surface area contributed by atoms with Crippen LogP contribution in [0, 0.1) is 0 Å². The summed E-state index contributed by atoms with van der Waals surface area (Å²) in [4.78, 5) is 27.2. The van der Waals surface area contributed by atoms with Gasteiger partial charge in [0.15, 0.2) is 5.78 Å². The Morgan fingerprint density at radius 2 is 1.74 bits per heavy atom. The number of ketones is 1. The number of Topliss-reactive ketones (excluding diaryl/α,β-unsaturated/α-hetero) is 1. The topological polar surface area (TPSA) is 56.2 Å². The number of rotatable bonds is 2. The van der Waals surface area contributed by atoms with Gasteiger partial charge in [-0.1, -0.05) is 0 Å². The molecule has 2 aliphatic heterocycles. The van der Waals surface area contributed by atoms with Gasteiger partial charge in [0.25, 0.3) is 5.91 Å². The number of hydrogen-bond acceptors (Lipinski definition) is 5. The van der Waals surface area contributed by atoms with Crippen molar-refractivity contribution in [1.29, 1.82) is 0 Å². The molecule has 0 spiro atoms. The molecular formula is C13H16N4O2. The predicted molar refractivity (Wildman–Crippen MR) is 71.7 cm³/mol. The van der Waals surface area contributed by atoms with Gasteiger partial charge in [-0.15, -0.1) is 0 Å². The molecule has 0 N–H and O–H groups in total. The number of nitrogens with zero attached hydrogens (tertiary/aromatic N) is 4.